The summed E-state index contributed by atoms with van der Waals surface area (Å²) in [5.41, 5.74) is 2.96. The molecule has 0 saturated carbocycles. The van der Waals surface area contributed by atoms with Crippen LogP contribution < -0.4 is 19.7 Å². The Morgan fingerprint density at radius 1 is 1.00 bits per heavy atom. The molecule has 1 N–H and O–H groups in total. The predicted octanol–water partition coefficient (Wildman–Crippen LogP) is 5.01. The lowest BCUT2D eigenvalue weighted by Gasteiger charge is -2.26. The topological polar surface area (TPSA) is 84.9 Å². The molecule has 0 unspecified atom stereocenters. The first kappa shape index (κ1) is 23.3. The van der Waals surface area contributed by atoms with Gasteiger partial charge >= 0.3 is 6.03 Å². The van der Waals surface area contributed by atoms with E-state index in [-0.39, 0.29) is 5.57 Å². The number of benzene rings is 3. The van der Waals surface area contributed by atoms with Crippen molar-refractivity contribution < 1.29 is 23.9 Å². The fourth-order valence-electron chi connectivity index (χ4n) is 3.48. The summed E-state index contributed by atoms with van der Waals surface area (Å²) in [7, 11) is 1.52. The van der Waals surface area contributed by atoms with E-state index in [0.717, 1.165) is 16.0 Å². The molecule has 1 aliphatic heterocycles. The van der Waals surface area contributed by atoms with E-state index in [9.17, 15) is 14.4 Å². The Kier molecular flexibility index (Phi) is 6.79. The number of carbonyl (C=O) groups is 3. The van der Waals surface area contributed by atoms with E-state index in [1.54, 1.807) is 42.5 Å². The Balaban J connectivity index is 1.55. The standard InChI is InChI=1S/C26H21BrN2O5/c1-16-4-3-5-18(12-16)15-34-23-11-6-17(14-22(23)27)13-21-24(30)28-26(32)29(25(21)31)19-7-9-20(33-2)10-8-19/h3-14H,15H2,1-2H3,(H,28,30,32)/b21-13+. The lowest BCUT2D eigenvalue weighted by molar-refractivity contribution is -0.122. The van der Waals surface area contributed by atoms with E-state index in [2.05, 4.69) is 27.3 Å². The molecule has 0 aliphatic carbocycles. The summed E-state index contributed by atoms with van der Waals surface area (Å²) >= 11 is 3.49. The van der Waals surface area contributed by atoms with Gasteiger partial charge in [-0.25, -0.2) is 9.69 Å². The van der Waals surface area contributed by atoms with Crippen LogP contribution in [-0.2, 0) is 16.2 Å². The Morgan fingerprint density at radius 2 is 1.76 bits per heavy atom. The van der Waals surface area contributed by atoms with Crippen molar-refractivity contribution in [3.63, 3.8) is 0 Å². The minimum atomic E-state index is -0.807. The van der Waals surface area contributed by atoms with Crippen molar-refractivity contribution in [1.82, 2.24) is 5.32 Å². The lowest BCUT2D eigenvalue weighted by Crippen LogP contribution is -2.54. The molecule has 1 saturated heterocycles. The molecule has 172 valence electrons. The molecule has 0 atom stereocenters. The monoisotopic (exact) mass is 520 g/mol. The third-order valence-electron chi connectivity index (χ3n) is 5.18. The van der Waals surface area contributed by atoms with Gasteiger partial charge in [0.2, 0.25) is 0 Å². The number of hydrogen-bond acceptors (Lipinski definition) is 5. The molecule has 0 spiro atoms. The number of anilines is 1. The van der Waals surface area contributed by atoms with E-state index < -0.39 is 17.8 Å². The quantitative estimate of drug-likeness (QED) is 0.364. The third kappa shape index (κ3) is 5.02. The molecule has 1 fully saturated rings. The molecule has 1 aliphatic rings. The van der Waals surface area contributed by atoms with Crippen LogP contribution in [0.25, 0.3) is 6.08 Å². The van der Waals surface area contributed by atoms with E-state index >= 15 is 0 Å². The first-order valence-electron chi connectivity index (χ1n) is 10.4. The molecule has 0 radical (unpaired) electrons. The van der Waals surface area contributed by atoms with Crippen molar-refractivity contribution in [3.05, 3.63) is 93.5 Å². The number of amides is 4. The predicted molar refractivity (Wildman–Crippen MR) is 132 cm³/mol. The van der Waals surface area contributed by atoms with Crippen molar-refractivity contribution in [2.24, 2.45) is 0 Å². The van der Waals surface area contributed by atoms with E-state index in [1.165, 1.54) is 13.2 Å². The van der Waals surface area contributed by atoms with E-state index in [1.807, 2.05) is 25.1 Å². The van der Waals surface area contributed by atoms with Crippen LogP contribution in [0.5, 0.6) is 11.5 Å². The first-order valence-corrected chi connectivity index (χ1v) is 11.2. The summed E-state index contributed by atoms with van der Waals surface area (Å²) in [6, 6.07) is 18.9. The van der Waals surface area contributed by atoms with Crippen LogP contribution in [-0.4, -0.2) is 25.0 Å². The first-order chi connectivity index (χ1) is 16.4. The Hall–Kier alpha value is -3.91. The average Bonchev–Trinajstić information content (AvgIpc) is 2.81. The number of barbiturate groups is 1. The zero-order valence-corrected chi connectivity index (χ0v) is 20.1. The van der Waals surface area contributed by atoms with Crippen molar-refractivity contribution in [2.75, 3.05) is 12.0 Å². The molecule has 3 aromatic carbocycles. The molecule has 1 heterocycles. The summed E-state index contributed by atoms with van der Waals surface area (Å²) in [5.74, 6) is -0.265. The highest BCUT2D eigenvalue weighted by atomic mass is 79.9. The summed E-state index contributed by atoms with van der Waals surface area (Å²) in [4.78, 5) is 38.8. The second kappa shape index (κ2) is 9.93. The molecule has 3 aromatic rings. The number of halogens is 1. The number of ether oxygens (including phenoxy) is 2. The number of nitrogens with zero attached hydrogens (tertiary/aromatic N) is 1. The fourth-order valence-corrected chi connectivity index (χ4v) is 3.99. The number of nitrogens with one attached hydrogen (secondary N) is 1. The minimum absolute atomic E-state index is 0.157. The largest absolute Gasteiger partial charge is 0.497 e. The van der Waals surface area contributed by atoms with E-state index in [0.29, 0.717) is 33.8 Å². The molecule has 4 amide bonds. The third-order valence-corrected chi connectivity index (χ3v) is 5.80. The van der Waals surface area contributed by atoms with Crippen molar-refractivity contribution >= 4 is 45.5 Å². The van der Waals surface area contributed by atoms with Crippen LogP contribution in [0.4, 0.5) is 10.5 Å². The Bertz CT molecular complexity index is 1300. The van der Waals surface area contributed by atoms with Crippen LogP contribution in [0.2, 0.25) is 0 Å². The number of methoxy groups -OCH3 is 1. The van der Waals surface area contributed by atoms with Gasteiger partial charge in [0, 0.05) is 0 Å². The summed E-state index contributed by atoms with van der Waals surface area (Å²) in [6.07, 6.45) is 1.44. The van der Waals surface area contributed by atoms with Gasteiger partial charge in [0.15, 0.2) is 0 Å². The molecule has 7 nitrogen and oxygen atoms in total. The van der Waals surface area contributed by atoms with E-state index in [4.69, 9.17) is 9.47 Å². The summed E-state index contributed by atoms with van der Waals surface area (Å²) in [6.45, 7) is 2.42. The molecular formula is C26H21BrN2O5. The number of imide groups is 2. The molecule has 0 bridgehead atoms. The van der Waals surface area contributed by atoms with Crippen LogP contribution in [0.1, 0.15) is 16.7 Å². The maximum atomic E-state index is 13.1. The van der Waals surface area contributed by atoms with Gasteiger partial charge in [0.25, 0.3) is 11.8 Å². The fraction of sp³-hybridized carbons (Fsp3) is 0.115. The second-order valence-electron chi connectivity index (χ2n) is 7.62. The molecule has 0 aromatic heterocycles. The molecule has 34 heavy (non-hydrogen) atoms. The SMILES string of the molecule is COc1ccc(N2C(=O)NC(=O)/C(=C\c3ccc(OCc4cccc(C)c4)c(Br)c3)C2=O)cc1. The van der Waals surface area contributed by atoms with Gasteiger partial charge in [0.05, 0.1) is 17.3 Å². The normalized spacial score (nSPS) is 14.9. The van der Waals surface area contributed by atoms with Gasteiger partial charge in [-0.1, -0.05) is 35.9 Å². The average molecular weight is 521 g/mol. The number of aryl methyl sites for hydroxylation is 1. The second-order valence-corrected chi connectivity index (χ2v) is 8.48. The number of hydrogen-bond donors (Lipinski definition) is 1. The van der Waals surface area contributed by atoms with Crippen LogP contribution in [0, 0.1) is 6.92 Å². The Morgan fingerprint density at radius 3 is 2.44 bits per heavy atom. The minimum Gasteiger partial charge on any atom is -0.497 e. The van der Waals surface area contributed by atoms with Crippen molar-refractivity contribution in [1.29, 1.82) is 0 Å². The highest BCUT2D eigenvalue weighted by Crippen LogP contribution is 2.29. The maximum absolute atomic E-state index is 13.1. The molecular weight excluding hydrogens is 500 g/mol. The highest BCUT2D eigenvalue weighted by molar-refractivity contribution is 9.10. The van der Waals surface area contributed by atoms with Gasteiger partial charge in [-0.15, -0.1) is 0 Å². The van der Waals surface area contributed by atoms with Crippen molar-refractivity contribution in [2.45, 2.75) is 13.5 Å². The highest BCUT2D eigenvalue weighted by Gasteiger charge is 2.36. The zero-order chi connectivity index (χ0) is 24.2. The van der Waals surface area contributed by atoms with Gasteiger partial charge in [-0.2, -0.15) is 0 Å². The Labute approximate surface area is 205 Å². The van der Waals surface area contributed by atoms with Gasteiger partial charge in [-0.05, 0) is 76.5 Å². The van der Waals surface area contributed by atoms with Gasteiger partial charge in [-0.3, -0.25) is 14.9 Å². The summed E-state index contributed by atoms with van der Waals surface area (Å²) in [5, 5.41) is 2.22. The van der Waals surface area contributed by atoms with Gasteiger partial charge in [0.1, 0.15) is 23.7 Å². The zero-order valence-electron chi connectivity index (χ0n) is 18.5. The van der Waals surface area contributed by atoms with Crippen LogP contribution in [0.15, 0.2) is 76.8 Å². The molecule has 4 rings (SSSR count). The molecule has 8 heteroatoms. The van der Waals surface area contributed by atoms with Crippen LogP contribution >= 0.6 is 15.9 Å². The van der Waals surface area contributed by atoms with Crippen molar-refractivity contribution in [3.8, 4) is 11.5 Å². The van der Waals surface area contributed by atoms with Crippen LogP contribution in [0.3, 0.4) is 0 Å². The smallest absolute Gasteiger partial charge is 0.335 e. The number of carbonyl (C=O) groups excluding carboxylic acids is 3. The summed E-state index contributed by atoms with van der Waals surface area (Å²) < 4.78 is 11.7. The van der Waals surface area contributed by atoms with Gasteiger partial charge < -0.3 is 9.47 Å². The lowest BCUT2D eigenvalue weighted by atomic mass is 10.1. The number of urea groups is 1. The number of rotatable bonds is 6. The maximum Gasteiger partial charge on any atom is 0.335 e.